The lowest BCUT2D eigenvalue weighted by Gasteiger charge is -2.22. The molecule has 1 N–H and O–H groups in total. The Morgan fingerprint density at radius 1 is 1.50 bits per heavy atom. The van der Waals surface area contributed by atoms with E-state index in [0.29, 0.717) is 6.61 Å². The third-order valence-corrected chi connectivity index (χ3v) is 2.71. The van der Waals surface area contributed by atoms with Crippen molar-refractivity contribution >= 4 is 17.6 Å². The monoisotopic (exact) mass is 269 g/mol. The average molecular weight is 270 g/mol. The van der Waals surface area contributed by atoms with E-state index in [-0.39, 0.29) is 0 Å². The molecule has 4 nitrogen and oxygen atoms in total. The number of benzene rings is 1. The molecule has 1 aromatic carbocycles. The molecule has 1 rings (SSSR count). The van der Waals surface area contributed by atoms with E-state index >= 15 is 0 Å². The molecule has 0 bridgehead atoms. The zero-order chi connectivity index (χ0) is 13.4. The van der Waals surface area contributed by atoms with Gasteiger partial charge >= 0.3 is 0 Å². The first-order chi connectivity index (χ1) is 8.67. The zero-order valence-electron chi connectivity index (χ0n) is 11.1. The maximum atomic E-state index is 5.96. The van der Waals surface area contributed by atoms with Gasteiger partial charge in [0, 0.05) is 39.3 Å². The Balaban J connectivity index is 2.54. The molecule has 0 aliphatic carbocycles. The van der Waals surface area contributed by atoms with Crippen LogP contribution in [0, 0.1) is 0 Å². The van der Waals surface area contributed by atoms with Gasteiger partial charge in [-0.05, 0) is 17.7 Å². The predicted octanol–water partition coefficient (Wildman–Crippen LogP) is 1.99. The second kappa shape index (κ2) is 7.95. The molecule has 0 heterocycles. The van der Waals surface area contributed by atoms with Crippen LogP contribution in [0.2, 0.25) is 5.02 Å². The number of nitrogens with one attached hydrogen (secondary N) is 1. The second-order valence-electron chi connectivity index (χ2n) is 3.95. The van der Waals surface area contributed by atoms with Gasteiger partial charge in [0.2, 0.25) is 0 Å². The molecule has 0 radical (unpaired) electrons. The van der Waals surface area contributed by atoms with Crippen LogP contribution in [0.1, 0.15) is 5.56 Å². The normalized spacial score (nSPS) is 11.4. The molecule has 0 atom stereocenters. The molecule has 18 heavy (non-hydrogen) atoms. The van der Waals surface area contributed by atoms with E-state index < -0.39 is 0 Å². The minimum Gasteiger partial charge on any atom is -0.383 e. The molecule has 1 aromatic rings. The van der Waals surface area contributed by atoms with Crippen molar-refractivity contribution in [3.8, 4) is 0 Å². The minimum atomic E-state index is 0.657. The Morgan fingerprint density at radius 3 is 2.89 bits per heavy atom. The summed E-state index contributed by atoms with van der Waals surface area (Å²) in [5.41, 5.74) is 1.15. The summed E-state index contributed by atoms with van der Waals surface area (Å²) in [5.74, 6) is 0.840. The Bertz CT molecular complexity index is 396. The van der Waals surface area contributed by atoms with Gasteiger partial charge < -0.3 is 15.0 Å². The number of halogens is 1. The molecule has 0 saturated heterocycles. The first kappa shape index (κ1) is 14.8. The number of aliphatic imine (C=N–C) groups is 1. The van der Waals surface area contributed by atoms with Crippen LogP contribution in [0.5, 0.6) is 0 Å². The van der Waals surface area contributed by atoms with Gasteiger partial charge in [0.25, 0.3) is 0 Å². The standard InChI is InChI=1S/C13H20ClN3O/c1-15-13(16-7-8-18-3)17(2)10-11-5-4-6-12(14)9-11/h4-6,9H,7-8,10H2,1-3H3,(H,15,16). The molecule has 0 aliphatic heterocycles. The van der Waals surface area contributed by atoms with Crippen LogP contribution in [-0.4, -0.2) is 45.2 Å². The minimum absolute atomic E-state index is 0.657. The largest absolute Gasteiger partial charge is 0.383 e. The number of nitrogens with zero attached hydrogens (tertiary/aromatic N) is 2. The second-order valence-corrected chi connectivity index (χ2v) is 4.39. The number of rotatable bonds is 5. The molecule has 0 amide bonds. The van der Waals surface area contributed by atoms with Crippen molar-refractivity contribution in [3.63, 3.8) is 0 Å². The highest BCUT2D eigenvalue weighted by molar-refractivity contribution is 6.30. The summed E-state index contributed by atoms with van der Waals surface area (Å²) < 4.78 is 5.00. The lowest BCUT2D eigenvalue weighted by atomic mass is 10.2. The molecule has 0 aliphatic rings. The molecular weight excluding hydrogens is 250 g/mol. The molecule has 0 unspecified atom stereocenters. The first-order valence-corrected chi connectivity index (χ1v) is 6.20. The summed E-state index contributed by atoms with van der Waals surface area (Å²) >= 11 is 5.96. The van der Waals surface area contributed by atoms with Crippen molar-refractivity contribution in [2.24, 2.45) is 4.99 Å². The van der Waals surface area contributed by atoms with Crippen LogP contribution in [0.3, 0.4) is 0 Å². The van der Waals surface area contributed by atoms with E-state index in [1.807, 2.05) is 36.2 Å². The van der Waals surface area contributed by atoms with E-state index in [1.165, 1.54) is 0 Å². The number of hydrogen-bond acceptors (Lipinski definition) is 2. The summed E-state index contributed by atoms with van der Waals surface area (Å²) in [6.07, 6.45) is 0. The van der Waals surface area contributed by atoms with Crippen LogP contribution < -0.4 is 5.32 Å². The van der Waals surface area contributed by atoms with Gasteiger partial charge in [-0.3, -0.25) is 4.99 Å². The summed E-state index contributed by atoms with van der Waals surface area (Å²) in [6.45, 7) is 2.15. The third-order valence-electron chi connectivity index (χ3n) is 2.47. The van der Waals surface area contributed by atoms with Crippen molar-refractivity contribution in [1.82, 2.24) is 10.2 Å². The maximum Gasteiger partial charge on any atom is 0.193 e. The lowest BCUT2D eigenvalue weighted by Crippen LogP contribution is -2.39. The molecular formula is C13H20ClN3O. The van der Waals surface area contributed by atoms with Gasteiger partial charge in [0.1, 0.15) is 0 Å². The van der Waals surface area contributed by atoms with Crippen LogP contribution in [-0.2, 0) is 11.3 Å². The highest BCUT2D eigenvalue weighted by atomic mass is 35.5. The van der Waals surface area contributed by atoms with Gasteiger partial charge in [0.05, 0.1) is 6.61 Å². The Morgan fingerprint density at radius 2 is 2.28 bits per heavy atom. The highest BCUT2D eigenvalue weighted by Gasteiger charge is 2.06. The number of hydrogen-bond donors (Lipinski definition) is 1. The summed E-state index contributed by atoms with van der Waals surface area (Å²) in [6, 6.07) is 7.83. The average Bonchev–Trinajstić information content (AvgIpc) is 2.34. The smallest absolute Gasteiger partial charge is 0.193 e. The van der Waals surface area contributed by atoms with Crippen LogP contribution in [0.4, 0.5) is 0 Å². The van der Waals surface area contributed by atoms with E-state index in [1.54, 1.807) is 14.2 Å². The molecule has 0 saturated carbocycles. The SMILES string of the molecule is CN=C(NCCOC)N(C)Cc1cccc(Cl)c1. The van der Waals surface area contributed by atoms with Gasteiger partial charge in [-0.25, -0.2) is 0 Å². The number of ether oxygens (including phenoxy) is 1. The molecule has 5 heteroatoms. The summed E-state index contributed by atoms with van der Waals surface area (Å²) in [4.78, 5) is 6.26. The highest BCUT2D eigenvalue weighted by Crippen LogP contribution is 2.12. The molecule has 0 aromatic heterocycles. The van der Waals surface area contributed by atoms with Crippen LogP contribution >= 0.6 is 11.6 Å². The third kappa shape index (κ3) is 4.94. The topological polar surface area (TPSA) is 36.9 Å². The fourth-order valence-corrected chi connectivity index (χ4v) is 1.85. The van der Waals surface area contributed by atoms with Crippen molar-refractivity contribution in [2.45, 2.75) is 6.54 Å². The molecule has 0 spiro atoms. The first-order valence-electron chi connectivity index (χ1n) is 5.82. The van der Waals surface area contributed by atoms with E-state index in [2.05, 4.69) is 10.3 Å². The lowest BCUT2D eigenvalue weighted by molar-refractivity contribution is 0.203. The van der Waals surface area contributed by atoms with Crippen molar-refractivity contribution in [3.05, 3.63) is 34.9 Å². The molecule has 0 fully saturated rings. The maximum absolute atomic E-state index is 5.96. The van der Waals surface area contributed by atoms with E-state index in [9.17, 15) is 0 Å². The Hall–Kier alpha value is -1.26. The fourth-order valence-electron chi connectivity index (χ4n) is 1.63. The zero-order valence-corrected chi connectivity index (χ0v) is 11.9. The van der Waals surface area contributed by atoms with Gasteiger partial charge in [-0.15, -0.1) is 0 Å². The number of guanidine groups is 1. The van der Waals surface area contributed by atoms with Gasteiger partial charge in [-0.1, -0.05) is 23.7 Å². The van der Waals surface area contributed by atoms with Crippen molar-refractivity contribution in [1.29, 1.82) is 0 Å². The summed E-state index contributed by atoms with van der Waals surface area (Å²) in [5, 5.41) is 3.98. The van der Waals surface area contributed by atoms with Crippen LogP contribution in [0.15, 0.2) is 29.3 Å². The van der Waals surface area contributed by atoms with Gasteiger partial charge in [-0.2, -0.15) is 0 Å². The predicted molar refractivity (Wildman–Crippen MR) is 76.2 cm³/mol. The summed E-state index contributed by atoms with van der Waals surface area (Å²) in [7, 11) is 5.44. The van der Waals surface area contributed by atoms with Crippen molar-refractivity contribution < 1.29 is 4.74 Å². The van der Waals surface area contributed by atoms with E-state index in [4.69, 9.17) is 16.3 Å². The quantitative estimate of drug-likeness (QED) is 0.505. The van der Waals surface area contributed by atoms with Crippen molar-refractivity contribution in [2.75, 3.05) is 34.4 Å². The Kier molecular flexibility index (Phi) is 6.54. The Labute approximate surface area is 114 Å². The van der Waals surface area contributed by atoms with E-state index in [0.717, 1.165) is 29.6 Å². The fraction of sp³-hybridized carbons (Fsp3) is 0.462. The number of methoxy groups -OCH3 is 1. The van der Waals surface area contributed by atoms with Crippen LogP contribution in [0.25, 0.3) is 0 Å². The van der Waals surface area contributed by atoms with Gasteiger partial charge in [0.15, 0.2) is 5.96 Å². The molecule has 100 valence electrons.